The lowest BCUT2D eigenvalue weighted by Crippen LogP contribution is -2.11. The molecule has 1 heterocycles. The maximum absolute atomic E-state index is 11.1. The number of anilines is 1. The molecule has 0 saturated heterocycles. The predicted molar refractivity (Wildman–Crippen MR) is 73.3 cm³/mol. The zero-order valence-corrected chi connectivity index (χ0v) is 10.7. The molecule has 6 nitrogen and oxygen atoms in total. The summed E-state index contributed by atoms with van der Waals surface area (Å²) in [5.41, 5.74) is 4.36. The molecule has 0 unspecified atom stereocenters. The lowest BCUT2D eigenvalue weighted by Gasteiger charge is -2.01. The van der Waals surface area contributed by atoms with Crippen LogP contribution in [0.2, 0.25) is 0 Å². The van der Waals surface area contributed by atoms with Crippen LogP contribution in [0, 0.1) is 0 Å². The Morgan fingerprint density at radius 3 is 2.32 bits per heavy atom. The maximum atomic E-state index is 11.1. The molecule has 0 bridgehead atoms. The van der Waals surface area contributed by atoms with Crippen LogP contribution in [0.25, 0.3) is 0 Å². The monoisotopic (exact) mass is 276 g/mol. The van der Waals surface area contributed by atoms with Crippen molar-refractivity contribution in [3.8, 4) is 0 Å². The minimum absolute atomic E-state index is 0.0659. The van der Waals surface area contributed by atoms with Gasteiger partial charge in [-0.1, -0.05) is 0 Å². The van der Waals surface area contributed by atoms with E-state index in [0.717, 1.165) is 5.56 Å². The Morgan fingerprint density at radius 1 is 1.11 bits per heavy atom. The van der Waals surface area contributed by atoms with Crippen molar-refractivity contribution >= 4 is 21.9 Å². The highest BCUT2D eigenvalue weighted by Gasteiger charge is 2.05. The fraction of sp³-hybridized carbons (Fsp3) is 0. The number of aromatic nitrogens is 1. The van der Waals surface area contributed by atoms with Gasteiger partial charge in [-0.15, -0.1) is 0 Å². The van der Waals surface area contributed by atoms with Gasteiger partial charge in [-0.05, 0) is 42.0 Å². The van der Waals surface area contributed by atoms with Gasteiger partial charge in [-0.3, -0.25) is 10.4 Å². The van der Waals surface area contributed by atoms with Gasteiger partial charge in [0.05, 0.1) is 16.8 Å². The summed E-state index contributed by atoms with van der Waals surface area (Å²) in [4.78, 5) is 3.96. The molecule has 3 N–H and O–H groups in total. The Morgan fingerprint density at radius 2 is 1.74 bits per heavy atom. The molecule has 0 spiro atoms. The largest absolute Gasteiger partial charge is 0.279 e. The van der Waals surface area contributed by atoms with Crippen molar-refractivity contribution < 1.29 is 8.42 Å². The SMILES string of the molecule is NS(=O)(=O)c1ccc(NN=Cc2ccncc2)cc1. The summed E-state index contributed by atoms with van der Waals surface area (Å²) >= 11 is 0. The van der Waals surface area contributed by atoms with Gasteiger partial charge < -0.3 is 0 Å². The lowest BCUT2D eigenvalue weighted by atomic mass is 10.3. The van der Waals surface area contributed by atoms with Gasteiger partial charge in [0.2, 0.25) is 10.0 Å². The first-order chi connectivity index (χ1) is 9.05. The van der Waals surface area contributed by atoms with Crippen LogP contribution in [0.15, 0.2) is 58.8 Å². The zero-order valence-electron chi connectivity index (χ0n) is 9.89. The number of nitrogens with zero attached hydrogens (tertiary/aromatic N) is 2. The van der Waals surface area contributed by atoms with E-state index < -0.39 is 10.0 Å². The van der Waals surface area contributed by atoms with Crippen LogP contribution < -0.4 is 10.6 Å². The van der Waals surface area contributed by atoms with E-state index in [1.54, 1.807) is 30.7 Å². The first-order valence-corrected chi connectivity index (χ1v) is 6.92. The third kappa shape index (κ3) is 3.87. The summed E-state index contributed by atoms with van der Waals surface area (Å²) < 4.78 is 22.1. The van der Waals surface area contributed by atoms with E-state index in [0.29, 0.717) is 5.69 Å². The van der Waals surface area contributed by atoms with Crippen LogP contribution in [0.5, 0.6) is 0 Å². The Labute approximate surface area is 111 Å². The van der Waals surface area contributed by atoms with Crippen LogP contribution >= 0.6 is 0 Å². The van der Waals surface area contributed by atoms with Crippen LogP contribution in [0.3, 0.4) is 0 Å². The first-order valence-electron chi connectivity index (χ1n) is 5.38. The van der Waals surface area contributed by atoms with Crippen molar-refractivity contribution in [2.75, 3.05) is 5.43 Å². The number of pyridine rings is 1. The molecule has 1 aromatic carbocycles. The number of nitrogens with two attached hydrogens (primary N) is 1. The zero-order chi connectivity index (χ0) is 13.7. The molecular formula is C12H12N4O2S. The number of benzene rings is 1. The molecule has 0 aliphatic rings. The molecule has 1 aromatic heterocycles. The fourth-order valence-electron chi connectivity index (χ4n) is 1.35. The van der Waals surface area contributed by atoms with Gasteiger partial charge in [0.25, 0.3) is 0 Å². The number of hydrogen-bond donors (Lipinski definition) is 2. The molecule has 0 amide bonds. The summed E-state index contributed by atoms with van der Waals surface area (Å²) in [5.74, 6) is 0. The van der Waals surface area contributed by atoms with Gasteiger partial charge in [0, 0.05) is 12.4 Å². The number of hydrogen-bond acceptors (Lipinski definition) is 5. The van der Waals surface area contributed by atoms with Crippen LogP contribution in [-0.2, 0) is 10.0 Å². The minimum Gasteiger partial charge on any atom is -0.279 e. The Hall–Kier alpha value is -2.25. The van der Waals surface area contributed by atoms with Gasteiger partial charge >= 0.3 is 0 Å². The average molecular weight is 276 g/mol. The maximum Gasteiger partial charge on any atom is 0.238 e. The van der Waals surface area contributed by atoms with Gasteiger partial charge in [-0.25, -0.2) is 13.6 Å². The number of nitrogens with one attached hydrogen (secondary N) is 1. The van der Waals surface area contributed by atoms with Crippen LogP contribution in [-0.4, -0.2) is 19.6 Å². The van der Waals surface area contributed by atoms with Gasteiger partial charge in [0.15, 0.2) is 0 Å². The molecule has 0 atom stereocenters. The summed E-state index contributed by atoms with van der Waals surface area (Å²) in [6, 6.07) is 9.64. The topological polar surface area (TPSA) is 97.4 Å². The molecule has 0 aliphatic heterocycles. The van der Waals surface area contributed by atoms with Crippen molar-refractivity contribution in [2.45, 2.75) is 4.90 Å². The molecule has 0 aliphatic carbocycles. The number of hydrazone groups is 1. The highest BCUT2D eigenvalue weighted by molar-refractivity contribution is 7.89. The number of primary sulfonamides is 1. The van der Waals surface area contributed by atoms with Crippen molar-refractivity contribution in [3.05, 3.63) is 54.4 Å². The van der Waals surface area contributed by atoms with E-state index >= 15 is 0 Å². The molecule has 98 valence electrons. The molecule has 19 heavy (non-hydrogen) atoms. The standard InChI is InChI=1S/C12H12N4O2S/c13-19(17,18)12-3-1-11(2-4-12)16-15-9-10-5-7-14-8-6-10/h1-9,16H,(H2,13,17,18). The highest BCUT2D eigenvalue weighted by atomic mass is 32.2. The van der Waals surface area contributed by atoms with E-state index in [-0.39, 0.29) is 4.90 Å². The Bertz CT molecular complexity index is 667. The molecule has 0 radical (unpaired) electrons. The van der Waals surface area contributed by atoms with Crippen molar-refractivity contribution in [1.29, 1.82) is 0 Å². The van der Waals surface area contributed by atoms with Crippen LogP contribution in [0.1, 0.15) is 5.56 Å². The Balaban J connectivity index is 2.03. The van der Waals surface area contributed by atoms with Crippen molar-refractivity contribution in [1.82, 2.24) is 4.98 Å². The number of rotatable bonds is 4. The summed E-state index contributed by atoms with van der Waals surface area (Å²) in [7, 11) is -3.66. The first kappa shape index (κ1) is 13.2. The molecule has 2 rings (SSSR count). The second kappa shape index (κ2) is 5.59. The van der Waals surface area contributed by atoms with E-state index in [2.05, 4.69) is 15.5 Å². The highest BCUT2D eigenvalue weighted by Crippen LogP contribution is 2.12. The second-order valence-electron chi connectivity index (χ2n) is 3.72. The van der Waals surface area contributed by atoms with Crippen molar-refractivity contribution in [3.63, 3.8) is 0 Å². The fourth-order valence-corrected chi connectivity index (χ4v) is 1.87. The smallest absolute Gasteiger partial charge is 0.238 e. The van der Waals surface area contributed by atoms with E-state index in [1.165, 1.54) is 12.1 Å². The predicted octanol–water partition coefficient (Wildman–Crippen LogP) is 1.18. The second-order valence-corrected chi connectivity index (χ2v) is 5.28. The average Bonchev–Trinajstić information content (AvgIpc) is 2.39. The van der Waals surface area contributed by atoms with E-state index in [1.807, 2.05) is 12.1 Å². The van der Waals surface area contributed by atoms with Crippen LogP contribution in [0.4, 0.5) is 5.69 Å². The quantitative estimate of drug-likeness (QED) is 0.647. The molecular weight excluding hydrogens is 264 g/mol. The van der Waals surface area contributed by atoms with Gasteiger partial charge in [-0.2, -0.15) is 5.10 Å². The Kier molecular flexibility index (Phi) is 3.88. The lowest BCUT2D eigenvalue weighted by molar-refractivity contribution is 0.598. The van der Waals surface area contributed by atoms with Gasteiger partial charge in [0.1, 0.15) is 0 Å². The third-order valence-electron chi connectivity index (χ3n) is 2.30. The van der Waals surface area contributed by atoms with Crippen molar-refractivity contribution in [2.24, 2.45) is 10.2 Å². The summed E-state index contributed by atoms with van der Waals surface area (Å²) in [6.07, 6.45) is 4.97. The normalized spacial score (nSPS) is 11.6. The third-order valence-corrected chi connectivity index (χ3v) is 3.23. The number of sulfonamides is 1. The summed E-state index contributed by atoms with van der Waals surface area (Å²) in [6.45, 7) is 0. The molecule has 2 aromatic rings. The summed E-state index contributed by atoms with van der Waals surface area (Å²) in [5, 5.41) is 9.02. The van der Waals surface area contributed by atoms with E-state index in [9.17, 15) is 8.42 Å². The molecule has 0 fully saturated rings. The molecule has 7 heteroatoms. The minimum atomic E-state index is -3.66. The van der Waals surface area contributed by atoms with E-state index in [4.69, 9.17) is 5.14 Å². The molecule has 0 saturated carbocycles.